The third-order valence-corrected chi connectivity index (χ3v) is 4.18. The van der Waals surface area contributed by atoms with Gasteiger partial charge >= 0.3 is 0 Å². The molecule has 0 unspecified atom stereocenters. The van der Waals surface area contributed by atoms with Crippen molar-refractivity contribution in [3.05, 3.63) is 71.3 Å². The number of aliphatic hydroxyl groups is 1. The first kappa shape index (κ1) is 15.5. The number of carbonyl (C=O) groups excluding carboxylic acids is 1. The molecule has 1 amide bonds. The maximum Gasteiger partial charge on any atom is 0.253 e. The Kier molecular flexibility index (Phi) is 4.89. The van der Waals surface area contributed by atoms with Gasteiger partial charge in [-0.05, 0) is 36.1 Å². The third-order valence-electron chi connectivity index (χ3n) is 4.18. The first-order valence-electron chi connectivity index (χ1n) is 8.03. The van der Waals surface area contributed by atoms with Crippen LogP contribution in [0.25, 0.3) is 12.2 Å². The van der Waals surface area contributed by atoms with E-state index in [1.54, 1.807) is 0 Å². The Bertz CT molecular complexity index is 669. The molecule has 1 fully saturated rings. The summed E-state index contributed by atoms with van der Waals surface area (Å²) < 4.78 is 0. The van der Waals surface area contributed by atoms with Crippen LogP contribution in [0, 0.1) is 0 Å². The van der Waals surface area contributed by atoms with E-state index in [4.69, 9.17) is 0 Å². The molecule has 1 saturated heterocycles. The standard InChI is InChI=1S/C20H21NO2/c22-19-12-14-21(15-13-19)20(23)18-10-8-17(9-11-18)7-6-16-4-2-1-3-5-16/h1-11,19,22H,12-15H2/b7-6+. The summed E-state index contributed by atoms with van der Waals surface area (Å²) in [5, 5.41) is 9.52. The van der Waals surface area contributed by atoms with Gasteiger partial charge in [-0.3, -0.25) is 4.79 Å². The normalized spacial score (nSPS) is 16.0. The Labute approximate surface area is 136 Å². The van der Waals surface area contributed by atoms with Crippen molar-refractivity contribution >= 4 is 18.1 Å². The molecular weight excluding hydrogens is 286 g/mol. The Morgan fingerprint density at radius 3 is 2.09 bits per heavy atom. The van der Waals surface area contributed by atoms with E-state index < -0.39 is 0 Å². The van der Waals surface area contributed by atoms with Crippen LogP contribution in [0.2, 0.25) is 0 Å². The van der Waals surface area contributed by atoms with E-state index in [1.807, 2.05) is 53.4 Å². The van der Waals surface area contributed by atoms with Crippen LogP contribution in [0.3, 0.4) is 0 Å². The second-order valence-corrected chi connectivity index (χ2v) is 5.89. The highest BCUT2D eigenvalue weighted by Gasteiger charge is 2.21. The van der Waals surface area contributed by atoms with Crippen molar-refractivity contribution < 1.29 is 9.90 Å². The fourth-order valence-electron chi connectivity index (χ4n) is 2.74. The molecule has 118 valence electrons. The van der Waals surface area contributed by atoms with Gasteiger partial charge in [0.25, 0.3) is 5.91 Å². The SMILES string of the molecule is O=C(c1ccc(/C=C/c2ccccc2)cc1)N1CCC(O)CC1. The first-order chi connectivity index (χ1) is 11.2. The number of aliphatic hydroxyl groups excluding tert-OH is 1. The Morgan fingerprint density at radius 2 is 1.48 bits per heavy atom. The second-order valence-electron chi connectivity index (χ2n) is 5.89. The van der Waals surface area contributed by atoms with Gasteiger partial charge in [0.1, 0.15) is 0 Å². The molecule has 1 aliphatic rings. The van der Waals surface area contributed by atoms with Crippen LogP contribution in [0.5, 0.6) is 0 Å². The topological polar surface area (TPSA) is 40.5 Å². The summed E-state index contributed by atoms with van der Waals surface area (Å²) in [4.78, 5) is 14.2. The third kappa shape index (κ3) is 4.08. The molecule has 3 rings (SSSR count). The van der Waals surface area contributed by atoms with Crippen molar-refractivity contribution in [2.45, 2.75) is 18.9 Å². The van der Waals surface area contributed by atoms with E-state index in [1.165, 1.54) is 0 Å². The average Bonchev–Trinajstić information content (AvgIpc) is 2.61. The molecule has 3 heteroatoms. The lowest BCUT2D eigenvalue weighted by Gasteiger charge is -2.29. The van der Waals surface area contributed by atoms with Crippen LogP contribution in [0.1, 0.15) is 34.3 Å². The highest BCUT2D eigenvalue weighted by atomic mass is 16.3. The largest absolute Gasteiger partial charge is 0.393 e. The number of benzene rings is 2. The number of rotatable bonds is 3. The van der Waals surface area contributed by atoms with Crippen LogP contribution in [0.4, 0.5) is 0 Å². The zero-order valence-corrected chi connectivity index (χ0v) is 13.1. The highest BCUT2D eigenvalue weighted by molar-refractivity contribution is 5.94. The summed E-state index contributed by atoms with van der Waals surface area (Å²) in [5.41, 5.74) is 2.93. The molecule has 0 radical (unpaired) electrons. The minimum absolute atomic E-state index is 0.0514. The molecule has 2 aromatic carbocycles. The van der Waals surface area contributed by atoms with Gasteiger partial charge in [-0.2, -0.15) is 0 Å². The summed E-state index contributed by atoms with van der Waals surface area (Å²) in [6.45, 7) is 1.27. The molecule has 0 atom stereocenters. The van der Waals surface area contributed by atoms with Crippen LogP contribution >= 0.6 is 0 Å². The van der Waals surface area contributed by atoms with Gasteiger partial charge in [0.05, 0.1) is 6.10 Å². The van der Waals surface area contributed by atoms with Gasteiger partial charge in [0, 0.05) is 18.7 Å². The van der Waals surface area contributed by atoms with E-state index in [0.717, 1.165) is 11.1 Å². The molecule has 0 aromatic heterocycles. The van der Waals surface area contributed by atoms with E-state index in [-0.39, 0.29) is 12.0 Å². The predicted octanol–water partition coefficient (Wildman–Crippen LogP) is 3.45. The Morgan fingerprint density at radius 1 is 0.913 bits per heavy atom. The minimum Gasteiger partial charge on any atom is -0.393 e. The maximum absolute atomic E-state index is 12.4. The fraction of sp³-hybridized carbons (Fsp3) is 0.250. The number of hydrogen-bond acceptors (Lipinski definition) is 2. The van der Waals surface area contributed by atoms with Crippen molar-refractivity contribution in [2.24, 2.45) is 0 Å². The van der Waals surface area contributed by atoms with Gasteiger partial charge in [-0.25, -0.2) is 0 Å². The zero-order chi connectivity index (χ0) is 16.1. The Balaban J connectivity index is 1.65. The second kappa shape index (κ2) is 7.25. The first-order valence-corrected chi connectivity index (χ1v) is 8.03. The zero-order valence-electron chi connectivity index (χ0n) is 13.1. The number of likely N-dealkylation sites (tertiary alicyclic amines) is 1. The van der Waals surface area contributed by atoms with E-state index in [9.17, 15) is 9.90 Å². The summed E-state index contributed by atoms with van der Waals surface area (Å²) >= 11 is 0. The molecule has 3 nitrogen and oxygen atoms in total. The number of nitrogens with zero attached hydrogens (tertiary/aromatic N) is 1. The van der Waals surface area contributed by atoms with Gasteiger partial charge in [-0.1, -0.05) is 54.6 Å². The monoisotopic (exact) mass is 307 g/mol. The summed E-state index contributed by atoms with van der Waals surface area (Å²) in [6.07, 6.45) is 5.18. The number of carbonyl (C=O) groups is 1. The van der Waals surface area contributed by atoms with Gasteiger partial charge in [-0.15, -0.1) is 0 Å². The molecule has 0 spiro atoms. The summed E-state index contributed by atoms with van der Waals surface area (Å²) in [7, 11) is 0. The Hall–Kier alpha value is -2.39. The molecule has 1 aliphatic heterocycles. The van der Waals surface area contributed by atoms with Crippen molar-refractivity contribution in [1.82, 2.24) is 4.90 Å². The quantitative estimate of drug-likeness (QED) is 0.882. The molecule has 2 aromatic rings. The van der Waals surface area contributed by atoms with Crippen LogP contribution in [0.15, 0.2) is 54.6 Å². The summed E-state index contributed by atoms with van der Waals surface area (Å²) in [6, 6.07) is 17.8. The van der Waals surface area contributed by atoms with Gasteiger partial charge < -0.3 is 10.0 Å². The average molecular weight is 307 g/mol. The van der Waals surface area contributed by atoms with E-state index in [2.05, 4.69) is 18.2 Å². The van der Waals surface area contributed by atoms with Crippen LogP contribution in [-0.4, -0.2) is 35.1 Å². The molecule has 0 bridgehead atoms. The van der Waals surface area contributed by atoms with E-state index >= 15 is 0 Å². The smallest absolute Gasteiger partial charge is 0.253 e. The molecular formula is C20H21NO2. The lowest BCUT2D eigenvalue weighted by Crippen LogP contribution is -2.40. The van der Waals surface area contributed by atoms with Crippen LogP contribution in [-0.2, 0) is 0 Å². The molecule has 1 N–H and O–H groups in total. The van der Waals surface area contributed by atoms with Crippen molar-refractivity contribution in [1.29, 1.82) is 0 Å². The van der Waals surface area contributed by atoms with Crippen molar-refractivity contribution in [2.75, 3.05) is 13.1 Å². The lowest BCUT2D eigenvalue weighted by molar-refractivity contribution is 0.0546. The number of hydrogen-bond donors (Lipinski definition) is 1. The van der Waals surface area contributed by atoms with Crippen molar-refractivity contribution in [3.8, 4) is 0 Å². The lowest BCUT2D eigenvalue weighted by atomic mass is 10.1. The van der Waals surface area contributed by atoms with E-state index in [0.29, 0.717) is 31.5 Å². The number of amides is 1. The summed E-state index contributed by atoms with van der Waals surface area (Å²) in [5.74, 6) is 0.0514. The minimum atomic E-state index is -0.260. The van der Waals surface area contributed by atoms with Gasteiger partial charge in [0.2, 0.25) is 0 Å². The fourth-order valence-corrected chi connectivity index (χ4v) is 2.74. The molecule has 0 aliphatic carbocycles. The van der Waals surface area contributed by atoms with Crippen molar-refractivity contribution in [3.63, 3.8) is 0 Å². The van der Waals surface area contributed by atoms with Crippen LogP contribution < -0.4 is 0 Å². The highest BCUT2D eigenvalue weighted by Crippen LogP contribution is 2.15. The number of piperidine rings is 1. The van der Waals surface area contributed by atoms with Gasteiger partial charge in [0.15, 0.2) is 0 Å². The predicted molar refractivity (Wildman–Crippen MR) is 93.0 cm³/mol. The molecule has 0 saturated carbocycles. The molecule has 1 heterocycles. The molecule has 23 heavy (non-hydrogen) atoms. The maximum atomic E-state index is 12.4.